The SMILES string of the molecule is Cc1nc(C(F)F)cc(N2CC3(CCNC3)C2)n1. The minimum Gasteiger partial charge on any atom is -0.355 e. The summed E-state index contributed by atoms with van der Waals surface area (Å²) in [6.07, 6.45) is -1.37. The molecule has 0 atom stereocenters. The van der Waals surface area contributed by atoms with Crippen molar-refractivity contribution in [2.24, 2.45) is 5.41 Å². The molecular weight excluding hydrogens is 238 g/mol. The van der Waals surface area contributed by atoms with Gasteiger partial charge in [0.1, 0.15) is 17.3 Å². The van der Waals surface area contributed by atoms with Crippen molar-refractivity contribution < 1.29 is 8.78 Å². The molecule has 18 heavy (non-hydrogen) atoms. The molecule has 2 aliphatic heterocycles. The van der Waals surface area contributed by atoms with Gasteiger partial charge < -0.3 is 10.2 Å². The van der Waals surface area contributed by atoms with Crippen LogP contribution in [-0.4, -0.2) is 36.1 Å². The van der Waals surface area contributed by atoms with E-state index in [1.165, 1.54) is 6.07 Å². The molecule has 0 bridgehead atoms. The highest BCUT2D eigenvalue weighted by Gasteiger charge is 2.45. The number of alkyl halides is 2. The predicted octanol–water partition coefficient (Wildman–Crippen LogP) is 1.52. The fourth-order valence-corrected chi connectivity index (χ4v) is 2.84. The second kappa shape index (κ2) is 4.12. The zero-order valence-corrected chi connectivity index (χ0v) is 10.3. The first-order valence-electron chi connectivity index (χ1n) is 6.17. The summed E-state index contributed by atoms with van der Waals surface area (Å²) in [5.41, 5.74) is 0.159. The highest BCUT2D eigenvalue weighted by molar-refractivity contribution is 5.45. The molecule has 2 fully saturated rings. The van der Waals surface area contributed by atoms with Gasteiger partial charge in [-0.05, 0) is 19.9 Å². The van der Waals surface area contributed by atoms with E-state index < -0.39 is 6.43 Å². The summed E-state index contributed by atoms with van der Waals surface area (Å²) < 4.78 is 25.4. The van der Waals surface area contributed by atoms with E-state index in [2.05, 4.69) is 20.2 Å². The maximum atomic E-state index is 12.7. The van der Waals surface area contributed by atoms with E-state index in [9.17, 15) is 8.78 Å². The first-order chi connectivity index (χ1) is 8.58. The molecule has 0 amide bonds. The van der Waals surface area contributed by atoms with Gasteiger partial charge in [0.25, 0.3) is 6.43 Å². The second-order valence-corrected chi connectivity index (χ2v) is 5.28. The monoisotopic (exact) mass is 254 g/mol. The van der Waals surface area contributed by atoms with Gasteiger partial charge in [0.15, 0.2) is 0 Å². The molecule has 0 saturated carbocycles. The lowest BCUT2D eigenvalue weighted by molar-refractivity contribution is 0.145. The fourth-order valence-electron chi connectivity index (χ4n) is 2.84. The van der Waals surface area contributed by atoms with E-state index in [-0.39, 0.29) is 5.69 Å². The van der Waals surface area contributed by atoms with Crippen molar-refractivity contribution in [3.05, 3.63) is 17.6 Å². The second-order valence-electron chi connectivity index (χ2n) is 5.28. The highest BCUT2D eigenvalue weighted by atomic mass is 19.3. The van der Waals surface area contributed by atoms with Gasteiger partial charge in [-0.3, -0.25) is 0 Å². The molecule has 2 aliphatic rings. The third-order valence-corrected chi connectivity index (χ3v) is 3.78. The lowest BCUT2D eigenvalue weighted by Crippen LogP contribution is -2.57. The van der Waals surface area contributed by atoms with Crippen LogP contribution in [0.4, 0.5) is 14.6 Å². The van der Waals surface area contributed by atoms with Gasteiger partial charge in [-0.2, -0.15) is 0 Å². The van der Waals surface area contributed by atoms with Crippen LogP contribution in [0.5, 0.6) is 0 Å². The first-order valence-corrected chi connectivity index (χ1v) is 6.17. The number of aryl methyl sites for hydroxylation is 1. The Labute approximate surface area is 104 Å². The van der Waals surface area contributed by atoms with Crippen molar-refractivity contribution in [1.82, 2.24) is 15.3 Å². The molecule has 6 heteroatoms. The molecule has 0 aliphatic carbocycles. The summed E-state index contributed by atoms with van der Waals surface area (Å²) in [5.74, 6) is 1.05. The average Bonchev–Trinajstić information content (AvgIpc) is 2.75. The molecule has 1 aromatic rings. The number of hydrogen-bond acceptors (Lipinski definition) is 4. The lowest BCUT2D eigenvalue weighted by atomic mass is 9.79. The van der Waals surface area contributed by atoms with E-state index in [1.54, 1.807) is 6.92 Å². The number of halogens is 2. The standard InChI is InChI=1S/C12H16F2N4/c1-8-16-9(11(13)14)4-10(17-8)18-6-12(7-18)2-3-15-5-12/h4,11,15H,2-3,5-7H2,1H3. The highest BCUT2D eigenvalue weighted by Crippen LogP contribution is 2.38. The molecule has 0 unspecified atom stereocenters. The van der Waals surface area contributed by atoms with Crippen LogP contribution in [-0.2, 0) is 0 Å². The smallest absolute Gasteiger partial charge is 0.280 e. The van der Waals surface area contributed by atoms with Crippen LogP contribution in [0.25, 0.3) is 0 Å². The van der Waals surface area contributed by atoms with Crippen LogP contribution in [0, 0.1) is 12.3 Å². The summed E-state index contributed by atoms with van der Waals surface area (Å²) in [7, 11) is 0. The van der Waals surface area contributed by atoms with E-state index in [0.29, 0.717) is 17.1 Å². The van der Waals surface area contributed by atoms with Crippen molar-refractivity contribution in [3.8, 4) is 0 Å². The number of anilines is 1. The maximum absolute atomic E-state index is 12.7. The van der Waals surface area contributed by atoms with E-state index >= 15 is 0 Å². The average molecular weight is 254 g/mol. The van der Waals surface area contributed by atoms with Gasteiger partial charge in [0.05, 0.1) is 0 Å². The minimum absolute atomic E-state index is 0.178. The number of aromatic nitrogens is 2. The molecule has 3 rings (SSSR count). The Morgan fingerprint density at radius 1 is 1.39 bits per heavy atom. The normalized spacial score (nSPS) is 21.7. The summed E-state index contributed by atoms with van der Waals surface area (Å²) in [5, 5.41) is 3.35. The molecule has 1 aromatic heterocycles. The number of rotatable bonds is 2. The number of hydrogen-bond donors (Lipinski definition) is 1. The summed E-state index contributed by atoms with van der Waals surface area (Å²) >= 11 is 0. The van der Waals surface area contributed by atoms with E-state index in [0.717, 1.165) is 32.6 Å². The van der Waals surface area contributed by atoms with E-state index in [4.69, 9.17) is 0 Å². The molecule has 0 radical (unpaired) electrons. The predicted molar refractivity (Wildman–Crippen MR) is 63.9 cm³/mol. The molecule has 98 valence electrons. The van der Waals surface area contributed by atoms with Gasteiger partial charge in [-0.1, -0.05) is 0 Å². The molecule has 1 spiro atoms. The Kier molecular flexibility index (Phi) is 2.69. The Balaban J connectivity index is 1.77. The van der Waals surface area contributed by atoms with Crippen LogP contribution in [0.2, 0.25) is 0 Å². The molecule has 4 nitrogen and oxygen atoms in total. The van der Waals surface area contributed by atoms with Crippen molar-refractivity contribution in [2.45, 2.75) is 19.8 Å². The molecular formula is C12H16F2N4. The Morgan fingerprint density at radius 3 is 2.78 bits per heavy atom. The fraction of sp³-hybridized carbons (Fsp3) is 0.667. The van der Waals surface area contributed by atoms with Crippen LogP contribution >= 0.6 is 0 Å². The van der Waals surface area contributed by atoms with Gasteiger partial charge in [0.2, 0.25) is 0 Å². The van der Waals surface area contributed by atoms with Crippen molar-refractivity contribution >= 4 is 5.82 Å². The molecule has 0 aromatic carbocycles. The van der Waals surface area contributed by atoms with Gasteiger partial charge in [-0.25, -0.2) is 18.7 Å². The number of nitrogens with zero attached hydrogens (tertiary/aromatic N) is 3. The summed E-state index contributed by atoms with van der Waals surface area (Å²) in [6, 6.07) is 1.41. The number of nitrogens with one attached hydrogen (secondary N) is 1. The summed E-state index contributed by atoms with van der Waals surface area (Å²) in [4.78, 5) is 10.1. The first kappa shape index (κ1) is 11.8. The van der Waals surface area contributed by atoms with Crippen molar-refractivity contribution in [3.63, 3.8) is 0 Å². The lowest BCUT2D eigenvalue weighted by Gasteiger charge is -2.48. The third kappa shape index (κ3) is 1.94. The van der Waals surface area contributed by atoms with E-state index in [1.807, 2.05) is 0 Å². The van der Waals surface area contributed by atoms with Crippen LogP contribution in [0.15, 0.2) is 6.07 Å². The molecule has 2 saturated heterocycles. The Bertz CT molecular complexity index is 449. The van der Waals surface area contributed by atoms with Gasteiger partial charge in [0, 0.05) is 31.1 Å². The Hall–Kier alpha value is -1.30. The molecule has 3 heterocycles. The quantitative estimate of drug-likeness (QED) is 0.869. The third-order valence-electron chi connectivity index (χ3n) is 3.78. The van der Waals surface area contributed by atoms with Crippen LogP contribution in [0.1, 0.15) is 24.4 Å². The molecule has 1 N–H and O–H groups in total. The topological polar surface area (TPSA) is 41.1 Å². The van der Waals surface area contributed by atoms with Crippen LogP contribution < -0.4 is 10.2 Å². The maximum Gasteiger partial charge on any atom is 0.280 e. The van der Waals surface area contributed by atoms with Gasteiger partial charge in [-0.15, -0.1) is 0 Å². The van der Waals surface area contributed by atoms with Crippen molar-refractivity contribution in [1.29, 1.82) is 0 Å². The van der Waals surface area contributed by atoms with Crippen molar-refractivity contribution in [2.75, 3.05) is 31.1 Å². The zero-order valence-electron chi connectivity index (χ0n) is 10.3. The van der Waals surface area contributed by atoms with Crippen LogP contribution in [0.3, 0.4) is 0 Å². The largest absolute Gasteiger partial charge is 0.355 e. The Morgan fingerprint density at radius 2 is 2.17 bits per heavy atom. The van der Waals surface area contributed by atoms with Gasteiger partial charge >= 0.3 is 0 Å². The minimum atomic E-state index is -2.53. The zero-order chi connectivity index (χ0) is 12.8. The summed E-state index contributed by atoms with van der Waals surface area (Å²) in [6.45, 7) is 5.54.